The van der Waals surface area contributed by atoms with Crippen LogP contribution >= 0.6 is 11.8 Å². The van der Waals surface area contributed by atoms with E-state index in [4.69, 9.17) is 0 Å². The number of thioether (sulfide) groups is 1. The lowest BCUT2D eigenvalue weighted by Gasteiger charge is -2.32. The summed E-state index contributed by atoms with van der Waals surface area (Å²) in [7, 11) is 2.16. The molecular weight excluding hydrogens is 316 g/mol. The van der Waals surface area contributed by atoms with E-state index < -0.39 is 0 Å². The molecule has 3 rings (SSSR count). The Balaban J connectivity index is 1.78. The van der Waals surface area contributed by atoms with E-state index in [1.165, 1.54) is 4.90 Å². The van der Waals surface area contributed by atoms with Gasteiger partial charge in [-0.05, 0) is 43.1 Å². The molecule has 1 aliphatic heterocycles. The highest BCUT2D eigenvalue weighted by molar-refractivity contribution is 7.98. The first-order valence-electron chi connectivity index (χ1n) is 8.35. The minimum absolute atomic E-state index is 0.118. The fourth-order valence-corrected chi connectivity index (χ4v) is 3.43. The van der Waals surface area contributed by atoms with Crippen molar-refractivity contribution in [2.75, 3.05) is 39.5 Å². The van der Waals surface area contributed by atoms with Crippen LogP contribution in [-0.2, 0) is 6.54 Å². The van der Waals surface area contributed by atoms with Crippen LogP contribution in [0.1, 0.15) is 21.5 Å². The minimum atomic E-state index is 0.118. The van der Waals surface area contributed by atoms with Crippen LogP contribution in [0, 0.1) is 0 Å². The summed E-state index contributed by atoms with van der Waals surface area (Å²) >= 11 is 1.69. The maximum atomic E-state index is 12.9. The largest absolute Gasteiger partial charge is 0.304 e. The second-order valence-corrected chi connectivity index (χ2v) is 7.17. The van der Waals surface area contributed by atoms with Crippen LogP contribution in [0.5, 0.6) is 0 Å². The molecule has 0 bridgehead atoms. The molecule has 1 fully saturated rings. The molecule has 126 valence electrons. The second-order valence-electron chi connectivity index (χ2n) is 6.29. The number of nitrogens with zero attached hydrogens (tertiary/aromatic N) is 2. The Bertz CT molecular complexity index is 691. The van der Waals surface area contributed by atoms with Crippen LogP contribution in [0.25, 0.3) is 0 Å². The van der Waals surface area contributed by atoms with Crippen molar-refractivity contribution in [2.24, 2.45) is 0 Å². The number of hydrogen-bond donors (Lipinski definition) is 0. The van der Waals surface area contributed by atoms with Crippen molar-refractivity contribution in [1.82, 2.24) is 9.80 Å². The maximum absolute atomic E-state index is 12.9. The number of benzene rings is 2. The van der Waals surface area contributed by atoms with Crippen molar-refractivity contribution < 1.29 is 4.79 Å². The smallest absolute Gasteiger partial charge is 0.193 e. The van der Waals surface area contributed by atoms with Crippen molar-refractivity contribution in [3.05, 3.63) is 65.2 Å². The molecule has 4 heteroatoms. The van der Waals surface area contributed by atoms with Crippen LogP contribution in [0.4, 0.5) is 0 Å². The number of likely N-dealkylation sites (N-methyl/N-ethyl adjacent to an activating group) is 1. The van der Waals surface area contributed by atoms with E-state index in [9.17, 15) is 4.79 Å². The Morgan fingerprint density at radius 1 is 1.00 bits per heavy atom. The zero-order valence-electron chi connectivity index (χ0n) is 14.4. The molecule has 3 nitrogen and oxygen atoms in total. The van der Waals surface area contributed by atoms with Crippen LogP contribution < -0.4 is 0 Å². The molecule has 0 saturated carbocycles. The predicted octanol–water partition coefficient (Wildman–Crippen LogP) is 3.39. The summed E-state index contributed by atoms with van der Waals surface area (Å²) < 4.78 is 0. The van der Waals surface area contributed by atoms with Gasteiger partial charge in [-0.15, -0.1) is 11.8 Å². The molecule has 2 aromatic rings. The maximum Gasteiger partial charge on any atom is 0.193 e. The molecular formula is C20H24N2OS. The van der Waals surface area contributed by atoms with Crippen LogP contribution in [0.2, 0.25) is 0 Å². The summed E-state index contributed by atoms with van der Waals surface area (Å²) in [4.78, 5) is 18.9. The summed E-state index contributed by atoms with van der Waals surface area (Å²) in [5.41, 5.74) is 2.72. The number of carbonyl (C=O) groups is 1. The van der Waals surface area contributed by atoms with E-state index in [1.54, 1.807) is 11.8 Å². The van der Waals surface area contributed by atoms with Crippen LogP contribution in [0.3, 0.4) is 0 Å². The molecule has 0 unspecified atom stereocenters. The number of carbonyl (C=O) groups excluding carboxylic acids is 1. The fourth-order valence-electron chi connectivity index (χ4n) is 3.02. The first-order chi connectivity index (χ1) is 11.7. The average Bonchev–Trinajstić information content (AvgIpc) is 2.63. The molecule has 0 atom stereocenters. The lowest BCUT2D eigenvalue weighted by molar-refractivity contribution is 0.103. The molecule has 24 heavy (non-hydrogen) atoms. The van der Waals surface area contributed by atoms with Crippen molar-refractivity contribution in [1.29, 1.82) is 0 Å². The third-order valence-electron chi connectivity index (χ3n) is 4.60. The molecule has 1 heterocycles. The average molecular weight is 340 g/mol. The van der Waals surface area contributed by atoms with Crippen molar-refractivity contribution in [3.63, 3.8) is 0 Å². The molecule has 0 radical (unpaired) electrons. The van der Waals surface area contributed by atoms with Crippen molar-refractivity contribution >= 4 is 17.5 Å². The quantitative estimate of drug-likeness (QED) is 0.615. The highest BCUT2D eigenvalue weighted by Gasteiger charge is 2.18. The molecule has 0 aliphatic carbocycles. The molecule has 0 aromatic heterocycles. The van der Waals surface area contributed by atoms with Crippen LogP contribution in [-0.4, -0.2) is 55.1 Å². The SMILES string of the molecule is CSc1ccc(C(=O)c2ccccc2CN2CCN(C)CC2)cc1. The lowest BCUT2D eigenvalue weighted by Crippen LogP contribution is -2.44. The Hall–Kier alpha value is -1.62. The Kier molecular flexibility index (Phi) is 5.72. The van der Waals surface area contributed by atoms with Gasteiger partial charge >= 0.3 is 0 Å². The molecule has 0 spiro atoms. The van der Waals surface area contributed by atoms with E-state index in [1.807, 2.05) is 48.7 Å². The Morgan fingerprint density at radius 2 is 1.67 bits per heavy atom. The number of rotatable bonds is 5. The Labute approximate surface area is 148 Å². The van der Waals surface area contributed by atoms with E-state index >= 15 is 0 Å². The van der Waals surface area contributed by atoms with Gasteiger partial charge in [-0.2, -0.15) is 0 Å². The summed E-state index contributed by atoms with van der Waals surface area (Å²) in [5.74, 6) is 0.118. The van der Waals surface area contributed by atoms with Crippen LogP contribution in [0.15, 0.2) is 53.4 Å². The molecule has 1 aliphatic rings. The molecule has 0 N–H and O–H groups in total. The normalized spacial score (nSPS) is 16.2. The van der Waals surface area contributed by atoms with E-state index in [0.29, 0.717) is 0 Å². The third kappa shape index (κ3) is 4.07. The second kappa shape index (κ2) is 7.97. The van der Waals surface area contributed by atoms with E-state index in [2.05, 4.69) is 22.9 Å². The zero-order chi connectivity index (χ0) is 16.9. The fraction of sp³-hybridized carbons (Fsp3) is 0.350. The van der Waals surface area contributed by atoms with E-state index in [0.717, 1.165) is 49.4 Å². The zero-order valence-corrected chi connectivity index (χ0v) is 15.2. The monoisotopic (exact) mass is 340 g/mol. The van der Waals surface area contributed by atoms with Crippen molar-refractivity contribution in [3.8, 4) is 0 Å². The van der Waals surface area contributed by atoms with Gasteiger partial charge in [-0.25, -0.2) is 0 Å². The highest BCUT2D eigenvalue weighted by atomic mass is 32.2. The third-order valence-corrected chi connectivity index (χ3v) is 5.35. The van der Waals surface area contributed by atoms with Gasteiger partial charge in [-0.1, -0.05) is 24.3 Å². The summed E-state index contributed by atoms with van der Waals surface area (Å²) in [6.07, 6.45) is 2.04. The highest BCUT2D eigenvalue weighted by Crippen LogP contribution is 2.20. The first-order valence-corrected chi connectivity index (χ1v) is 9.57. The van der Waals surface area contributed by atoms with Gasteiger partial charge in [-0.3, -0.25) is 9.69 Å². The number of ketones is 1. The standard InChI is InChI=1S/C20H24N2OS/c1-21-11-13-22(14-12-21)15-17-5-3-4-6-19(17)20(23)16-7-9-18(24-2)10-8-16/h3-10H,11-15H2,1-2H3. The molecule has 2 aromatic carbocycles. The molecule has 0 amide bonds. The summed E-state index contributed by atoms with van der Waals surface area (Å²) in [6.45, 7) is 5.14. The topological polar surface area (TPSA) is 23.6 Å². The van der Waals surface area contributed by atoms with Gasteiger partial charge in [0.05, 0.1) is 0 Å². The van der Waals surface area contributed by atoms with Gasteiger partial charge in [0.1, 0.15) is 0 Å². The Morgan fingerprint density at radius 3 is 2.33 bits per heavy atom. The van der Waals surface area contributed by atoms with Gasteiger partial charge in [0.2, 0.25) is 0 Å². The predicted molar refractivity (Wildman–Crippen MR) is 101 cm³/mol. The summed E-state index contributed by atoms with van der Waals surface area (Å²) in [5, 5.41) is 0. The van der Waals surface area contributed by atoms with Gasteiger partial charge in [0.25, 0.3) is 0 Å². The first kappa shape index (κ1) is 17.2. The molecule has 1 saturated heterocycles. The number of hydrogen-bond acceptors (Lipinski definition) is 4. The minimum Gasteiger partial charge on any atom is -0.304 e. The van der Waals surface area contributed by atoms with E-state index in [-0.39, 0.29) is 5.78 Å². The summed E-state index contributed by atoms with van der Waals surface area (Å²) in [6, 6.07) is 15.9. The lowest BCUT2D eigenvalue weighted by atomic mass is 9.98. The van der Waals surface area contributed by atoms with Gasteiger partial charge in [0, 0.05) is 48.7 Å². The van der Waals surface area contributed by atoms with Crippen molar-refractivity contribution in [2.45, 2.75) is 11.4 Å². The van der Waals surface area contributed by atoms with Gasteiger partial charge in [0.15, 0.2) is 5.78 Å². The number of piperazine rings is 1. The van der Waals surface area contributed by atoms with Gasteiger partial charge < -0.3 is 4.90 Å².